The van der Waals surface area contributed by atoms with Gasteiger partial charge in [0.15, 0.2) is 11.5 Å². The molecule has 0 aromatic heterocycles. The molecule has 2 bridgehead atoms. The van der Waals surface area contributed by atoms with Gasteiger partial charge in [-0.15, -0.1) is 0 Å². The summed E-state index contributed by atoms with van der Waals surface area (Å²) in [4.78, 5) is 0. The van der Waals surface area contributed by atoms with Crippen LogP contribution in [0.4, 0.5) is 0 Å². The minimum Gasteiger partial charge on any atom is -0.454 e. The minimum absolute atomic E-state index is 0.00789. The molecule has 2 aromatic carbocycles. The van der Waals surface area contributed by atoms with Crippen molar-refractivity contribution < 1.29 is 14.2 Å². The Balaban J connectivity index is 1.56. The van der Waals surface area contributed by atoms with Crippen LogP contribution in [-0.2, 0) is 23.2 Å². The highest BCUT2D eigenvalue weighted by Gasteiger charge is 2.57. The van der Waals surface area contributed by atoms with Gasteiger partial charge in [0.05, 0.1) is 0 Å². The second-order valence-electron chi connectivity index (χ2n) is 6.55. The highest BCUT2D eigenvalue weighted by molar-refractivity contribution is 5.56. The van der Waals surface area contributed by atoms with E-state index < -0.39 is 0 Å². The molecular formula is C18H15NO3. The molecule has 4 nitrogen and oxygen atoms in total. The second-order valence-corrected chi connectivity index (χ2v) is 6.55. The van der Waals surface area contributed by atoms with Crippen LogP contribution in [0.1, 0.15) is 28.5 Å². The van der Waals surface area contributed by atoms with Gasteiger partial charge in [0, 0.05) is 12.5 Å². The van der Waals surface area contributed by atoms with Gasteiger partial charge in [-0.2, -0.15) is 0 Å². The molecule has 1 saturated heterocycles. The summed E-state index contributed by atoms with van der Waals surface area (Å²) in [5.74, 6) is 1.71. The lowest BCUT2D eigenvalue weighted by Crippen LogP contribution is -2.39. The maximum Gasteiger partial charge on any atom is 0.231 e. The summed E-state index contributed by atoms with van der Waals surface area (Å²) in [7, 11) is 0. The molecular weight excluding hydrogens is 278 g/mol. The molecule has 0 unspecified atom stereocenters. The van der Waals surface area contributed by atoms with Gasteiger partial charge in [-0.1, -0.05) is 24.3 Å². The average Bonchev–Trinajstić information content (AvgIpc) is 3.17. The quantitative estimate of drug-likeness (QED) is 0.810. The van der Waals surface area contributed by atoms with E-state index in [4.69, 9.17) is 14.2 Å². The van der Waals surface area contributed by atoms with Gasteiger partial charge >= 0.3 is 0 Å². The highest BCUT2D eigenvalue weighted by atomic mass is 16.7. The third-order valence-corrected chi connectivity index (χ3v) is 5.51. The first-order valence-electron chi connectivity index (χ1n) is 7.78. The molecule has 110 valence electrons. The van der Waals surface area contributed by atoms with E-state index in [1.54, 1.807) is 0 Å². The number of benzene rings is 2. The lowest BCUT2D eigenvalue weighted by molar-refractivity contribution is -0.0616. The van der Waals surface area contributed by atoms with Crippen molar-refractivity contribution in [1.82, 2.24) is 5.32 Å². The van der Waals surface area contributed by atoms with Gasteiger partial charge in [-0.05, 0) is 40.8 Å². The summed E-state index contributed by atoms with van der Waals surface area (Å²) in [5.41, 5.74) is 5.00. The van der Waals surface area contributed by atoms with Gasteiger partial charge in [-0.25, -0.2) is 0 Å². The first-order valence-corrected chi connectivity index (χ1v) is 7.78. The van der Waals surface area contributed by atoms with Crippen LogP contribution in [0.3, 0.4) is 0 Å². The molecule has 0 radical (unpaired) electrons. The van der Waals surface area contributed by atoms with Crippen molar-refractivity contribution in [1.29, 1.82) is 0 Å². The van der Waals surface area contributed by atoms with E-state index in [-0.39, 0.29) is 11.8 Å². The van der Waals surface area contributed by atoms with Gasteiger partial charge in [0.2, 0.25) is 6.79 Å². The normalized spacial score (nSPS) is 32.5. The van der Waals surface area contributed by atoms with Crippen molar-refractivity contribution in [3.05, 3.63) is 58.7 Å². The SMILES string of the molecule is c1ccc2c(c1)C[C@@]13O[C@@H]2N[C@@H]1Cc1cc2c(cc13)OCO2. The molecule has 0 amide bonds. The summed E-state index contributed by atoms with van der Waals surface area (Å²) in [6.07, 6.45) is 1.91. The zero-order valence-electron chi connectivity index (χ0n) is 12.0. The Hall–Kier alpha value is -2.04. The fourth-order valence-electron chi connectivity index (χ4n) is 4.53. The van der Waals surface area contributed by atoms with Crippen LogP contribution in [0.2, 0.25) is 0 Å². The van der Waals surface area contributed by atoms with Crippen molar-refractivity contribution in [3.63, 3.8) is 0 Å². The Kier molecular flexibility index (Phi) is 1.91. The number of fused-ring (bicyclic) bond motifs is 5. The van der Waals surface area contributed by atoms with Gasteiger partial charge in [-0.3, -0.25) is 5.32 Å². The maximum atomic E-state index is 6.51. The smallest absolute Gasteiger partial charge is 0.231 e. The predicted octanol–water partition coefficient (Wildman–Crippen LogP) is 2.41. The summed E-state index contributed by atoms with van der Waals surface area (Å²) < 4.78 is 17.6. The molecule has 3 aliphatic heterocycles. The standard InChI is InChI=1S/C18H15NO3/c1-2-4-12-10(3-1)8-18-13-7-15-14(20-9-21-15)5-11(13)6-16(18)19-17(12)22-18/h1-5,7,16-17,19H,6,8-9H2/t16-,17+,18+/m1/s1. The number of hydrogen-bond donors (Lipinski definition) is 1. The summed E-state index contributed by atoms with van der Waals surface area (Å²) >= 11 is 0. The molecule has 2 aromatic rings. The van der Waals surface area contributed by atoms with Crippen molar-refractivity contribution in [3.8, 4) is 11.5 Å². The predicted molar refractivity (Wildman–Crippen MR) is 78.8 cm³/mol. The zero-order chi connectivity index (χ0) is 14.3. The third kappa shape index (κ3) is 1.22. The molecule has 1 aliphatic carbocycles. The van der Waals surface area contributed by atoms with Gasteiger partial charge in [0.25, 0.3) is 0 Å². The molecule has 3 atom stereocenters. The lowest BCUT2D eigenvalue weighted by Gasteiger charge is -2.34. The Bertz CT molecular complexity index is 818. The second kappa shape index (κ2) is 3.65. The summed E-state index contributed by atoms with van der Waals surface area (Å²) in [5, 5.41) is 3.68. The summed E-state index contributed by atoms with van der Waals surface area (Å²) in [6.45, 7) is 0.319. The van der Waals surface area contributed by atoms with Crippen molar-refractivity contribution in [2.75, 3.05) is 6.79 Å². The van der Waals surface area contributed by atoms with Crippen molar-refractivity contribution in [2.45, 2.75) is 30.7 Å². The number of hydrogen-bond acceptors (Lipinski definition) is 4. The Morgan fingerprint density at radius 2 is 1.91 bits per heavy atom. The fourth-order valence-corrected chi connectivity index (χ4v) is 4.53. The van der Waals surface area contributed by atoms with Crippen LogP contribution < -0.4 is 14.8 Å². The Morgan fingerprint density at radius 3 is 2.86 bits per heavy atom. The van der Waals surface area contributed by atoms with Crippen LogP contribution >= 0.6 is 0 Å². The van der Waals surface area contributed by atoms with Gasteiger partial charge < -0.3 is 14.2 Å². The number of nitrogens with one attached hydrogen (secondary N) is 1. The van der Waals surface area contributed by atoms with Crippen LogP contribution in [0.15, 0.2) is 36.4 Å². The van der Waals surface area contributed by atoms with E-state index in [9.17, 15) is 0 Å². The van der Waals surface area contributed by atoms with Crippen molar-refractivity contribution >= 4 is 0 Å². The monoisotopic (exact) mass is 293 g/mol. The molecule has 3 heterocycles. The van der Waals surface area contributed by atoms with Crippen molar-refractivity contribution in [2.24, 2.45) is 0 Å². The van der Waals surface area contributed by atoms with Crippen LogP contribution in [0, 0.1) is 0 Å². The van der Waals surface area contributed by atoms with Crippen LogP contribution in [0.5, 0.6) is 11.5 Å². The van der Waals surface area contributed by atoms with Crippen LogP contribution in [0.25, 0.3) is 0 Å². The van der Waals surface area contributed by atoms with E-state index in [2.05, 4.69) is 41.7 Å². The molecule has 22 heavy (non-hydrogen) atoms. The molecule has 4 heteroatoms. The van der Waals surface area contributed by atoms with E-state index in [0.717, 1.165) is 24.3 Å². The minimum atomic E-state index is -0.255. The molecule has 1 fully saturated rings. The Labute approximate surface area is 128 Å². The first-order chi connectivity index (χ1) is 10.8. The van der Waals surface area contributed by atoms with Gasteiger partial charge in [0.1, 0.15) is 11.8 Å². The van der Waals surface area contributed by atoms with Crippen LogP contribution in [-0.4, -0.2) is 12.8 Å². The number of rotatable bonds is 0. The average molecular weight is 293 g/mol. The topological polar surface area (TPSA) is 39.7 Å². The Morgan fingerprint density at radius 1 is 1.05 bits per heavy atom. The maximum absolute atomic E-state index is 6.51. The highest BCUT2D eigenvalue weighted by Crippen LogP contribution is 2.55. The van der Waals surface area contributed by atoms with E-state index >= 15 is 0 Å². The zero-order valence-corrected chi connectivity index (χ0v) is 12.0. The van der Waals surface area contributed by atoms with E-state index in [1.807, 2.05) is 0 Å². The third-order valence-electron chi connectivity index (χ3n) is 5.51. The molecule has 6 rings (SSSR count). The largest absolute Gasteiger partial charge is 0.454 e. The molecule has 1 N–H and O–H groups in total. The molecule has 4 aliphatic rings. The molecule has 0 saturated carbocycles. The lowest BCUT2D eigenvalue weighted by atomic mass is 9.84. The van der Waals surface area contributed by atoms with E-state index in [0.29, 0.717) is 12.8 Å². The molecule has 1 spiro atoms. The van der Waals surface area contributed by atoms with E-state index in [1.165, 1.54) is 22.3 Å². The first kappa shape index (κ1) is 11.5. The number of ether oxygens (including phenoxy) is 3. The fraction of sp³-hybridized carbons (Fsp3) is 0.333. The summed E-state index contributed by atoms with van der Waals surface area (Å²) in [6, 6.07) is 13.2.